The Bertz CT molecular complexity index is 1330. The monoisotopic (exact) mass is 426 g/mol. The van der Waals surface area contributed by atoms with Crippen LogP contribution in [0.2, 0.25) is 0 Å². The lowest BCUT2D eigenvalue weighted by molar-refractivity contribution is 0.601. The van der Waals surface area contributed by atoms with E-state index in [0.717, 1.165) is 17.6 Å². The fourth-order valence-corrected chi connectivity index (χ4v) is 4.08. The zero-order valence-electron chi connectivity index (χ0n) is 15.0. The molecular weight excluding hydrogens is 412 g/mol. The van der Waals surface area contributed by atoms with Gasteiger partial charge in [0.1, 0.15) is 5.69 Å². The lowest BCUT2D eigenvalue weighted by Crippen LogP contribution is -2.10. The Labute approximate surface area is 170 Å². The maximum Gasteiger partial charge on any atom is 0.247 e. The summed E-state index contributed by atoms with van der Waals surface area (Å²) in [5, 5.41) is 7.62. The number of pyridine rings is 1. The molecule has 10 nitrogen and oxygen atoms in total. The van der Waals surface area contributed by atoms with Crippen molar-refractivity contribution in [1.82, 2.24) is 33.6 Å². The van der Waals surface area contributed by atoms with Crippen molar-refractivity contribution in [1.29, 1.82) is 0 Å². The minimum atomic E-state index is -3.38. The van der Waals surface area contributed by atoms with Crippen LogP contribution in [0.3, 0.4) is 0 Å². The second-order valence-electron chi connectivity index (χ2n) is 6.31. The van der Waals surface area contributed by atoms with Crippen LogP contribution < -0.4 is 10.0 Å². The summed E-state index contributed by atoms with van der Waals surface area (Å²) in [7, 11) is -3.38. The molecule has 2 aliphatic heterocycles. The largest absolute Gasteiger partial charge is 0.323 e. The molecule has 0 saturated heterocycles. The van der Waals surface area contributed by atoms with Gasteiger partial charge in [-0.1, -0.05) is 0 Å². The lowest BCUT2D eigenvalue weighted by Gasteiger charge is -2.17. The molecular formula is C17H14N8O2S2. The Balaban J connectivity index is 1.52. The van der Waals surface area contributed by atoms with Crippen LogP contribution in [-0.2, 0) is 9.84 Å². The van der Waals surface area contributed by atoms with E-state index in [0.29, 0.717) is 22.9 Å². The summed E-state index contributed by atoms with van der Waals surface area (Å²) < 4.78 is 30.4. The maximum atomic E-state index is 11.9. The number of hydrogen-bond donors (Lipinski definition) is 2. The number of fused-ring (bicyclic) bond motifs is 2. The molecule has 0 fully saturated rings. The molecule has 2 N–H and O–H groups in total. The molecule has 146 valence electrons. The van der Waals surface area contributed by atoms with Gasteiger partial charge in [-0.2, -0.15) is 4.98 Å². The molecule has 0 radical (unpaired) electrons. The van der Waals surface area contributed by atoms with E-state index >= 15 is 0 Å². The zero-order chi connectivity index (χ0) is 20.0. The van der Waals surface area contributed by atoms with Gasteiger partial charge in [0.15, 0.2) is 15.5 Å². The molecule has 3 aromatic rings. The zero-order valence-corrected chi connectivity index (χ0v) is 16.6. The third-order valence-corrected chi connectivity index (χ3v) is 6.06. The second-order valence-corrected chi connectivity index (χ2v) is 9.13. The lowest BCUT2D eigenvalue weighted by atomic mass is 10.2. The van der Waals surface area contributed by atoms with Crippen molar-refractivity contribution in [3.63, 3.8) is 0 Å². The molecule has 5 rings (SSSR count). The summed E-state index contributed by atoms with van der Waals surface area (Å²) in [6, 6.07) is 1.53. The third-order valence-electron chi connectivity index (χ3n) is 4.23. The molecule has 12 heteroatoms. The number of nitrogens with one attached hydrogen (secondary N) is 2. The van der Waals surface area contributed by atoms with Gasteiger partial charge in [-0.15, -0.1) is 5.10 Å². The second kappa shape index (κ2) is 6.60. The minimum absolute atomic E-state index is 0.120. The standard InChI is InChI=1S/C17H14N8O2S2/c1-29(26,27)14-6-11(8-18-10-14)15-16-22-17(23-24(16)5-3-19-15)21-12-2-4-25-13(7-12)9-20-28-25/h2-10,20H,1H3,(H,21,23). The minimum Gasteiger partial charge on any atom is -0.323 e. The fraction of sp³-hybridized carbons (Fsp3) is 0.0588. The van der Waals surface area contributed by atoms with Gasteiger partial charge in [-0.25, -0.2) is 12.9 Å². The first kappa shape index (κ1) is 17.7. The topological polar surface area (TPSA) is 117 Å². The van der Waals surface area contributed by atoms with Crippen LogP contribution in [0.5, 0.6) is 0 Å². The van der Waals surface area contributed by atoms with Crippen LogP contribution in [-0.4, -0.2) is 43.5 Å². The molecule has 0 aliphatic carbocycles. The number of anilines is 1. The predicted octanol–water partition coefficient (Wildman–Crippen LogP) is 1.72. The Kier molecular flexibility index (Phi) is 4.03. The van der Waals surface area contributed by atoms with E-state index in [4.69, 9.17) is 0 Å². The van der Waals surface area contributed by atoms with Gasteiger partial charge in [0.2, 0.25) is 5.95 Å². The molecule has 0 spiro atoms. The first-order valence-electron chi connectivity index (χ1n) is 8.43. The van der Waals surface area contributed by atoms with E-state index in [1.807, 2.05) is 28.9 Å². The molecule has 0 atom stereocenters. The van der Waals surface area contributed by atoms with Crippen molar-refractivity contribution < 1.29 is 8.42 Å². The molecule has 3 aromatic heterocycles. The highest BCUT2D eigenvalue weighted by Gasteiger charge is 2.18. The van der Waals surface area contributed by atoms with E-state index in [-0.39, 0.29) is 4.90 Å². The van der Waals surface area contributed by atoms with Gasteiger partial charge < -0.3 is 10.0 Å². The number of rotatable bonds is 4. The molecule has 0 saturated carbocycles. The van der Waals surface area contributed by atoms with Crippen LogP contribution in [0.25, 0.3) is 16.9 Å². The maximum absolute atomic E-state index is 11.9. The van der Waals surface area contributed by atoms with Crippen molar-refractivity contribution >= 4 is 33.6 Å². The Morgan fingerprint density at radius 2 is 2.17 bits per heavy atom. The van der Waals surface area contributed by atoms with E-state index in [9.17, 15) is 8.42 Å². The third kappa shape index (κ3) is 3.32. The average molecular weight is 426 g/mol. The van der Waals surface area contributed by atoms with Crippen LogP contribution in [0.4, 0.5) is 5.95 Å². The Morgan fingerprint density at radius 1 is 1.28 bits per heavy atom. The summed E-state index contributed by atoms with van der Waals surface area (Å²) in [6.07, 6.45) is 15.0. The molecule has 0 unspecified atom stereocenters. The summed E-state index contributed by atoms with van der Waals surface area (Å²) in [5.74, 6) is 0.398. The summed E-state index contributed by atoms with van der Waals surface area (Å²) >= 11 is 1.48. The molecule has 0 aromatic carbocycles. The van der Waals surface area contributed by atoms with Gasteiger partial charge in [-0.3, -0.25) is 14.3 Å². The van der Waals surface area contributed by atoms with Gasteiger partial charge >= 0.3 is 0 Å². The number of allylic oxidation sites excluding steroid dienone is 2. The quantitative estimate of drug-likeness (QED) is 0.597. The van der Waals surface area contributed by atoms with Gasteiger partial charge in [0.05, 0.1) is 22.7 Å². The molecule has 0 amide bonds. The van der Waals surface area contributed by atoms with E-state index < -0.39 is 9.84 Å². The van der Waals surface area contributed by atoms with Gasteiger partial charge in [-0.05, 0) is 18.2 Å². The highest BCUT2D eigenvalue weighted by molar-refractivity contribution is 7.95. The summed E-state index contributed by atoms with van der Waals surface area (Å²) in [5.41, 5.74) is 3.37. The molecule has 29 heavy (non-hydrogen) atoms. The summed E-state index contributed by atoms with van der Waals surface area (Å²) in [4.78, 5) is 13.1. The Hall–Kier alpha value is -3.38. The molecule has 0 bridgehead atoms. The van der Waals surface area contributed by atoms with Crippen molar-refractivity contribution in [2.75, 3.05) is 11.6 Å². The predicted molar refractivity (Wildman–Crippen MR) is 109 cm³/mol. The number of sulfone groups is 1. The normalized spacial score (nSPS) is 15.7. The first-order valence-corrected chi connectivity index (χ1v) is 11.1. The number of hydrogen-bond acceptors (Lipinski definition) is 10. The van der Waals surface area contributed by atoms with Crippen molar-refractivity contribution in [3.8, 4) is 11.3 Å². The van der Waals surface area contributed by atoms with E-state index in [2.05, 4.69) is 30.1 Å². The molecule has 2 aliphatic rings. The summed E-state index contributed by atoms with van der Waals surface area (Å²) in [6.45, 7) is 0. The van der Waals surface area contributed by atoms with Crippen molar-refractivity contribution in [3.05, 3.63) is 66.8 Å². The number of nitrogens with zero attached hydrogens (tertiary/aromatic N) is 6. The Morgan fingerprint density at radius 3 is 3.03 bits per heavy atom. The van der Waals surface area contributed by atoms with Gasteiger partial charge in [0.25, 0.3) is 0 Å². The van der Waals surface area contributed by atoms with Crippen molar-refractivity contribution in [2.45, 2.75) is 4.90 Å². The van der Waals surface area contributed by atoms with Crippen LogP contribution in [0, 0.1) is 0 Å². The highest BCUT2D eigenvalue weighted by atomic mass is 32.2. The van der Waals surface area contributed by atoms with E-state index in [1.54, 1.807) is 23.1 Å². The SMILES string of the molecule is CS(=O)(=O)c1cncc(-c2nccn3nc(NC4=CC5=CNSN5C=C4)nc23)c1. The van der Waals surface area contributed by atoms with Crippen LogP contribution in [0.1, 0.15) is 0 Å². The highest BCUT2D eigenvalue weighted by Crippen LogP contribution is 2.28. The van der Waals surface area contributed by atoms with E-state index in [1.165, 1.54) is 24.4 Å². The smallest absolute Gasteiger partial charge is 0.247 e. The van der Waals surface area contributed by atoms with Crippen LogP contribution in [0.15, 0.2) is 71.7 Å². The molecule has 5 heterocycles. The first-order chi connectivity index (χ1) is 14.0. The van der Waals surface area contributed by atoms with Crippen molar-refractivity contribution in [2.24, 2.45) is 0 Å². The average Bonchev–Trinajstić information content (AvgIpc) is 3.33. The fourth-order valence-electron chi connectivity index (χ4n) is 2.87. The van der Waals surface area contributed by atoms with Crippen LogP contribution >= 0.6 is 12.1 Å². The van der Waals surface area contributed by atoms with Gasteiger partial charge in [0, 0.05) is 54.7 Å². The number of aromatic nitrogens is 5.